The number of amides is 3. The van der Waals surface area contributed by atoms with Gasteiger partial charge in [0, 0.05) is 56.5 Å². The summed E-state index contributed by atoms with van der Waals surface area (Å²) in [6, 6.07) is 3.45. The molecule has 4 rings (SSSR count). The third-order valence-corrected chi connectivity index (χ3v) is 8.01. The van der Waals surface area contributed by atoms with Gasteiger partial charge in [0.1, 0.15) is 0 Å². The standard InChI is InChI=1S/C25H36N8O4S/c1-25(2)15-21(34)32(22(35)16-25)12-7-18-5-6-20(26-17-18)37-24(36)31-10-8-19(9-11-31)38-23-27-28-29-33(23)14-13-30(3)4/h5-6,17,19H,7-16H2,1-4H3. The van der Waals surface area contributed by atoms with Crippen molar-refractivity contribution in [3.05, 3.63) is 23.9 Å². The minimum absolute atomic E-state index is 0.130. The van der Waals surface area contributed by atoms with Gasteiger partial charge in [0.15, 0.2) is 0 Å². The molecule has 2 aliphatic heterocycles. The van der Waals surface area contributed by atoms with Gasteiger partial charge in [0.05, 0.1) is 6.54 Å². The van der Waals surface area contributed by atoms with E-state index in [-0.39, 0.29) is 23.1 Å². The van der Waals surface area contributed by atoms with Crippen LogP contribution in [0.25, 0.3) is 0 Å². The number of hydrogen-bond acceptors (Lipinski definition) is 10. The van der Waals surface area contributed by atoms with Crippen LogP contribution in [0.4, 0.5) is 4.79 Å². The van der Waals surface area contributed by atoms with Crippen molar-refractivity contribution in [3.63, 3.8) is 0 Å². The number of nitrogens with zero attached hydrogens (tertiary/aromatic N) is 8. The van der Waals surface area contributed by atoms with Gasteiger partial charge in [-0.25, -0.2) is 14.5 Å². The fraction of sp³-hybridized carbons (Fsp3) is 0.640. The van der Waals surface area contributed by atoms with Gasteiger partial charge in [-0.1, -0.05) is 31.7 Å². The molecule has 0 bridgehead atoms. The van der Waals surface area contributed by atoms with Crippen LogP contribution in [0.15, 0.2) is 23.5 Å². The Morgan fingerprint density at radius 3 is 2.47 bits per heavy atom. The number of pyridine rings is 1. The van der Waals surface area contributed by atoms with Gasteiger partial charge >= 0.3 is 6.09 Å². The molecule has 3 amide bonds. The molecule has 13 heteroatoms. The molecule has 4 heterocycles. The Kier molecular flexibility index (Phi) is 8.98. The lowest BCUT2D eigenvalue weighted by atomic mass is 9.81. The quantitative estimate of drug-likeness (QED) is 0.433. The molecule has 0 atom stereocenters. The first-order chi connectivity index (χ1) is 18.1. The first-order valence-electron chi connectivity index (χ1n) is 12.9. The number of imide groups is 1. The molecular formula is C25H36N8O4S. The summed E-state index contributed by atoms with van der Waals surface area (Å²) in [5, 5.41) is 13.2. The van der Waals surface area contributed by atoms with E-state index < -0.39 is 6.09 Å². The predicted octanol–water partition coefficient (Wildman–Crippen LogP) is 2.10. The van der Waals surface area contributed by atoms with Crippen molar-refractivity contribution in [2.45, 2.75) is 62.9 Å². The van der Waals surface area contributed by atoms with E-state index in [4.69, 9.17) is 4.74 Å². The Bertz CT molecular complexity index is 1110. The molecule has 0 spiro atoms. The van der Waals surface area contributed by atoms with Crippen LogP contribution >= 0.6 is 11.8 Å². The van der Waals surface area contributed by atoms with Gasteiger partial charge in [-0.15, -0.1) is 5.10 Å². The van der Waals surface area contributed by atoms with Crippen LogP contribution in [0.5, 0.6) is 5.88 Å². The zero-order valence-electron chi connectivity index (χ0n) is 22.5. The fourth-order valence-corrected chi connectivity index (χ4v) is 5.57. The summed E-state index contributed by atoms with van der Waals surface area (Å²) in [5.74, 6) is -0.0354. The molecule has 2 saturated heterocycles. The zero-order chi connectivity index (χ0) is 27.3. The average Bonchev–Trinajstić information content (AvgIpc) is 3.29. The highest BCUT2D eigenvalue weighted by atomic mass is 32.2. The number of tetrazole rings is 1. The van der Waals surface area contributed by atoms with E-state index in [1.54, 1.807) is 28.9 Å². The average molecular weight is 545 g/mol. The minimum atomic E-state index is -0.420. The predicted molar refractivity (Wildman–Crippen MR) is 141 cm³/mol. The molecule has 2 fully saturated rings. The molecule has 0 aliphatic carbocycles. The van der Waals surface area contributed by atoms with Crippen molar-refractivity contribution in [1.29, 1.82) is 0 Å². The molecule has 38 heavy (non-hydrogen) atoms. The van der Waals surface area contributed by atoms with Gasteiger partial charge in [0.2, 0.25) is 22.9 Å². The van der Waals surface area contributed by atoms with E-state index >= 15 is 0 Å². The zero-order valence-corrected chi connectivity index (χ0v) is 23.3. The SMILES string of the molecule is CN(C)CCn1nnnc1SC1CCN(C(=O)Oc2ccc(CCN3C(=O)CC(C)(C)CC3=O)cn2)CC1. The Labute approximate surface area is 227 Å². The highest BCUT2D eigenvalue weighted by Gasteiger charge is 2.37. The second kappa shape index (κ2) is 12.2. The third-order valence-electron chi connectivity index (χ3n) is 6.71. The van der Waals surface area contributed by atoms with Crippen molar-refractivity contribution >= 4 is 29.7 Å². The number of carbonyl (C=O) groups excluding carboxylic acids is 3. The number of rotatable bonds is 9. The van der Waals surface area contributed by atoms with E-state index in [9.17, 15) is 14.4 Å². The van der Waals surface area contributed by atoms with Crippen LogP contribution in [0.3, 0.4) is 0 Å². The number of likely N-dealkylation sites (tertiary alicyclic amines) is 2. The summed E-state index contributed by atoms with van der Waals surface area (Å²) in [7, 11) is 4.03. The van der Waals surface area contributed by atoms with E-state index in [1.807, 2.05) is 38.7 Å². The van der Waals surface area contributed by atoms with Crippen LogP contribution in [0.2, 0.25) is 0 Å². The molecule has 0 radical (unpaired) electrons. The molecule has 2 aliphatic rings. The minimum Gasteiger partial charge on any atom is -0.391 e. The number of thioether (sulfide) groups is 1. The van der Waals surface area contributed by atoms with Gasteiger partial charge in [-0.2, -0.15) is 0 Å². The summed E-state index contributed by atoms with van der Waals surface area (Å²) in [4.78, 5) is 46.7. The summed E-state index contributed by atoms with van der Waals surface area (Å²) in [5.41, 5.74) is 0.580. The summed E-state index contributed by atoms with van der Waals surface area (Å²) in [6.45, 7) is 6.95. The number of carbonyl (C=O) groups is 3. The van der Waals surface area contributed by atoms with Crippen molar-refractivity contribution < 1.29 is 19.1 Å². The number of hydrogen-bond donors (Lipinski definition) is 0. The molecule has 0 saturated carbocycles. The van der Waals surface area contributed by atoms with Crippen LogP contribution in [0, 0.1) is 5.41 Å². The van der Waals surface area contributed by atoms with E-state index in [1.165, 1.54) is 4.90 Å². The summed E-state index contributed by atoms with van der Waals surface area (Å²) < 4.78 is 7.31. The molecule has 0 aromatic carbocycles. The highest BCUT2D eigenvalue weighted by molar-refractivity contribution is 7.99. The topological polar surface area (TPSA) is 127 Å². The van der Waals surface area contributed by atoms with Crippen LogP contribution in [0.1, 0.15) is 45.1 Å². The van der Waals surface area contributed by atoms with E-state index in [0.717, 1.165) is 36.7 Å². The second-order valence-corrected chi connectivity index (χ2v) is 12.1. The number of aromatic nitrogens is 5. The maximum absolute atomic E-state index is 12.7. The van der Waals surface area contributed by atoms with Gasteiger partial charge < -0.3 is 14.5 Å². The molecule has 2 aromatic heterocycles. The lowest BCUT2D eigenvalue weighted by molar-refractivity contribution is -0.152. The third kappa shape index (κ3) is 7.50. The number of ether oxygens (including phenoxy) is 1. The molecule has 12 nitrogen and oxygen atoms in total. The Morgan fingerprint density at radius 2 is 1.84 bits per heavy atom. The van der Waals surface area contributed by atoms with E-state index in [0.29, 0.717) is 44.1 Å². The van der Waals surface area contributed by atoms with Gasteiger partial charge in [0.25, 0.3) is 0 Å². The largest absolute Gasteiger partial charge is 0.416 e. The smallest absolute Gasteiger partial charge is 0.391 e. The first kappa shape index (κ1) is 28.0. The fourth-order valence-electron chi connectivity index (χ4n) is 4.50. The van der Waals surface area contributed by atoms with Gasteiger partial charge in [-0.05, 0) is 54.8 Å². The van der Waals surface area contributed by atoms with Crippen molar-refractivity contribution in [3.8, 4) is 5.88 Å². The maximum Gasteiger partial charge on any atom is 0.416 e. The van der Waals surface area contributed by atoms with Crippen molar-refractivity contribution in [1.82, 2.24) is 39.9 Å². The van der Waals surface area contributed by atoms with E-state index in [2.05, 4.69) is 25.4 Å². The number of piperidine rings is 2. The molecule has 0 N–H and O–H groups in total. The molecular weight excluding hydrogens is 508 g/mol. The summed E-state index contributed by atoms with van der Waals surface area (Å²) in [6.07, 6.45) is 4.08. The van der Waals surface area contributed by atoms with Crippen LogP contribution in [-0.4, -0.2) is 103 Å². The lowest BCUT2D eigenvalue weighted by Gasteiger charge is -2.34. The van der Waals surface area contributed by atoms with Crippen LogP contribution in [-0.2, 0) is 22.6 Å². The lowest BCUT2D eigenvalue weighted by Crippen LogP contribution is -2.46. The second-order valence-electron chi connectivity index (χ2n) is 10.9. The molecule has 206 valence electrons. The molecule has 2 aromatic rings. The van der Waals surface area contributed by atoms with Gasteiger partial charge in [-0.3, -0.25) is 14.5 Å². The van der Waals surface area contributed by atoms with Crippen molar-refractivity contribution in [2.75, 3.05) is 40.3 Å². The Morgan fingerprint density at radius 1 is 1.13 bits per heavy atom. The monoisotopic (exact) mass is 544 g/mol. The van der Waals surface area contributed by atoms with Crippen molar-refractivity contribution in [2.24, 2.45) is 5.41 Å². The summed E-state index contributed by atoms with van der Waals surface area (Å²) >= 11 is 1.66. The maximum atomic E-state index is 12.7. The van der Waals surface area contributed by atoms with Crippen LogP contribution < -0.4 is 4.74 Å². The first-order valence-corrected chi connectivity index (χ1v) is 13.8. The Balaban J connectivity index is 1.20. The number of likely N-dealkylation sites (N-methyl/N-ethyl adjacent to an activating group) is 1. The normalized spacial score (nSPS) is 18.3. The molecule has 0 unspecified atom stereocenters. The Hall–Kier alpha value is -3.06. The highest BCUT2D eigenvalue weighted by Crippen LogP contribution is 2.32.